The fourth-order valence-electron chi connectivity index (χ4n) is 4.34. The first kappa shape index (κ1) is 23.8. The van der Waals surface area contributed by atoms with Crippen molar-refractivity contribution in [3.05, 3.63) is 47.0 Å². The average Bonchev–Trinajstić information content (AvgIpc) is 3.32. The second-order valence-electron chi connectivity index (χ2n) is 8.25. The van der Waals surface area contributed by atoms with E-state index in [1.807, 2.05) is 55.6 Å². The lowest BCUT2D eigenvalue weighted by molar-refractivity contribution is -0.134. The topological polar surface area (TPSA) is 112 Å². The summed E-state index contributed by atoms with van der Waals surface area (Å²) < 4.78 is 32.2. The third kappa shape index (κ3) is 4.69. The minimum absolute atomic E-state index is 0.0122. The lowest BCUT2D eigenvalue weighted by atomic mass is 9.98. The van der Waals surface area contributed by atoms with E-state index in [4.69, 9.17) is 4.74 Å². The smallest absolute Gasteiger partial charge is 0.266 e. The summed E-state index contributed by atoms with van der Waals surface area (Å²) >= 11 is 1.55. The monoisotopic (exact) mass is 492 g/mol. The maximum Gasteiger partial charge on any atom is 0.266 e. The highest BCUT2D eigenvalue weighted by molar-refractivity contribution is 7.91. The molecule has 33 heavy (non-hydrogen) atoms. The number of carbonyl (C=O) groups is 1. The third-order valence-electron chi connectivity index (χ3n) is 6.21. The van der Waals surface area contributed by atoms with Crippen LogP contribution >= 0.6 is 11.3 Å². The van der Waals surface area contributed by atoms with Gasteiger partial charge < -0.3 is 9.64 Å². The van der Waals surface area contributed by atoms with Crippen molar-refractivity contribution in [3.63, 3.8) is 0 Å². The standard InChI is InChI=1S/C22H28N4O5S2/c1-17-16-25(21-23-15-19(32-21)8-7-18-5-3-2-4-6-18)11-12-26(17)33(29,30)22(20(27)24-28)9-13-31-14-10-22/h2-8,15,17,28H,9-14,16H2,1H3,(H,24,27)/b8-7+/t17-/m0/s1. The first-order valence-electron chi connectivity index (χ1n) is 10.8. The molecule has 1 aromatic carbocycles. The summed E-state index contributed by atoms with van der Waals surface area (Å²) in [6, 6.07) is 9.65. The van der Waals surface area contributed by atoms with Crippen LogP contribution in [-0.4, -0.2) is 72.5 Å². The van der Waals surface area contributed by atoms with Crippen molar-refractivity contribution in [2.75, 3.05) is 37.7 Å². The molecule has 0 radical (unpaired) electrons. The largest absolute Gasteiger partial charge is 0.381 e. The second-order valence-corrected chi connectivity index (χ2v) is 11.5. The number of carbonyl (C=O) groups excluding carboxylic acids is 1. The molecule has 11 heteroatoms. The molecule has 2 aliphatic rings. The molecule has 1 atom stereocenters. The maximum atomic E-state index is 13.6. The third-order valence-corrected chi connectivity index (χ3v) is 9.97. The van der Waals surface area contributed by atoms with Crippen molar-refractivity contribution >= 4 is 44.6 Å². The zero-order valence-electron chi connectivity index (χ0n) is 18.4. The van der Waals surface area contributed by atoms with Gasteiger partial charge in [-0.3, -0.25) is 10.0 Å². The van der Waals surface area contributed by atoms with E-state index in [2.05, 4.69) is 9.88 Å². The van der Waals surface area contributed by atoms with Gasteiger partial charge in [0.05, 0.1) is 0 Å². The number of hydrogen-bond acceptors (Lipinski definition) is 8. The van der Waals surface area contributed by atoms with Crippen molar-refractivity contribution in [1.82, 2.24) is 14.8 Å². The minimum Gasteiger partial charge on any atom is -0.381 e. The minimum atomic E-state index is -4.02. The SMILES string of the molecule is C[C@H]1CN(c2ncc(/C=C/c3ccccc3)s2)CCN1S(=O)(=O)C1(C(=O)NO)CCOCC1. The highest BCUT2D eigenvalue weighted by atomic mass is 32.2. The van der Waals surface area contributed by atoms with Gasteiger partial charge in [0.15, 0.2) is 9.88 Å². The van der Waals surface area contributed by atoms with Crippen LogP contribution in [0.1, 0.15) is 30.2 Å². The van der Waals surface area contributed by atoms with Gasteiger partial charge in [-0.25, -0.2) is 18.9 Å². The zero-order valence-corrected chi connectivity index (χ0v) is 20.0. The summed E-state index contributed by atoms with van der Waals surface area (Å²) in [6.45, 7) is 3.30. The normalized spacial score (nSPS) is 21.9. The van der Waals surface area contributed by atoms with Gasteiger partial charge in [-0.1, -0.05) is 47.7 Å². The Labute approximate surface area is 197 Å². The van der Waals surface area contributed by atoms with E-state index >= 15 is 0 Å². The fourth-order valence-corrected chi connectivity index (χ4v) is 7.47. The molecule has 2 fully saturated rings. The first-order chi connectivity index (χ1) is 15.9. The van der Waals surface area contributed by atoms with Gasteiger partial charge in [0.2, 0.25) is 10.0 Å². The van der Waals surface area contributed by atoms with E-state index in [0.29, 0.717) is 13.1 Å². The van der Waals surface area contributed by atoms with Crippen LogP contribution in [0.25, 0.3) is 12.2 Å². The molecule has 0 spiro atoms. The van der Waals surface area contributed by atoms with Gasteiger partial charge in [-0.2, -0.15) is 4.31 Å². The highest BCUT2D eigenvalue weighted by Crippen LogP contribution is 2.35. The molecule has 0 unspecified atom stereocenters. The lowest BCUT2D eigenvalue weighted by Crippen LogP contribution is -2.64. The number of hydroxylamine groups is 1. The van der Waals surface area contributed by atoms with E-state index in [9.17, 15) is 18.4 Å². The molecule has 2 aromatic rings. The Hall–Kier alpha value is -2.31. The molecule has 9 nitrogen and oxygen atoms in total. The number of anilines is 1. The van der Waals surface area contributed by atoms with Gasteiger partial charge in [-0.05, 0) is 18.6 Å². The van der Waals surface area contributed by atoms with Crippen LogP contribution in [0.5, 0.6) is 0 Å². The molecule has 0 bridgehead atoms. The fraction of sp³-hybridized carbons (Fsp3) is 0.455. The molecular formula is C22H28N4O5S2. The van der Waals surface area contributed by atoms with E-state index in [0.717, 1.165) is 15.6 Å². The Morgan fingerprint density at radius 2 is 1.97 bits per heavy atom. The summed E-state index contributed by atoms with van der Waals surface area (Å²) in [5, 5.41) is 10.1. The van der Waals surface area contributed by atoms with Crippen LogP contribution in [0.2, 0.25) is 0 Å². The summed E-state index contributed by atoms with van der Waals surface area (Å²) in [5.41, 5.74) is 2.68. The first-order valence-corrected chi connectivity index (χ1v) is 13.1. The van der Waals surface area contributed by atoms with Crippen LogP contribution in [0.15, 0.2) is 36.5 Å². The quantitative estimate of drug-likeness (QED) is 0.470. The molecule has 2 aliphatic heterocycles. The number of benzene rings is 1. The van der Waals surface area contributed by atoms with Crippen LogP contribution in [0.3, 0.4) is 0 Å². The lowest BCUT2D eigenvalue weighted by Gasteiger charge is -2.44. The molecule has 178 valence electrons. The van der Waals surface area contributed by atoms with Gasteiger partial charge in [-0.15, -0.1) is 0 Å². The van der Waals surface area contributed by atoms with E-state index in [1.165, 1.54) is 4.31 Å². The molecule has 4 rings (SSSR count). The van der Waals surface area contributed by atoms with Gasteiger partial charge in [0.1, 0.15) is 0 Å². The molecule has 2 N–H and O–H groups in total. The van der Waals surface area contributed by atoms with Crippen molar-refractivity contribution in [2.45, 2.75) is 30.6 Å². The van der Waals surface area contributed by atoms with Crippen molar-refractivity contribution in [2.24, 2.45) is 0 Å². The van der Waals surface area contributed by atoms with Crippen LogP contribution in [0.4, 0.5) is 5.13 Å². The number of ether oxygens (including phenoxy) is 1. The van der Waals surface area contributed by atoms with E-state index in [1.54, 1.807) is 16.8 Å². The van der Waals surface area contributed by atoms with E-state index in [-0.39, 0.29) is 38.6 Å². The number of thiazole rings is 1. The Bertz CT molecular complexity index is 1100. The van der Waals surface area contributed by atoms with Crippen molar-refractivity contribution in [3.8, 4) is 0 Å². The molecule has 2 saturated heterocycles. The predicted octanol–water partition coefficient (Wildman–Crippen LogP) is 2.21. The number of rotatable bonds is 6. The molecule has 3 heterocycles. The van der Waals surface area contributed by atoms with E-state index < -0.39 is 20.7 Å². The summed E-state index contributed by atoms with van der Waals surface area (Å²) in [7, 11) is -4.02. The number of nitrogens with one attached hydrogen (secondary N) is 1. The average molecular weight is 493 g/mol. The molecule has 0 saturated carbocycles. The summed E-state index contributed by atoms with van der Waals surface area (Å²) in [5.74, 6) is -0.893. The highest BCUT2D eigenvalue weighted by Gasteiger charge is 2.55. The van der Waals surface area contributed by atoms with Crippen LogP contribution < -0.4 is 10.4 Å². The predicted molar refractivity (Wildman–Crippen MR) is 127 cm³/mol. The molecule has 1 amide bonds. The second kappa shape index (κ2) is 9.90. The van der Waals surface area contributed by atoms with Crippen LogP contribution in [0, 0.1) is 0 Å². The van der Waals surface area contributed by atoms with Gasteiger partial charge in [0, 0.05) is 62.8 Å². The van der Waals surface area contributed by atoms with Crippen molar-refractivity contribution in [1.29, 1.82) is 0 Å². The summed E-state index contributed by atoms with van der Waals surface area (Å²) in [4.78, 5) is 20.1. The molecular weight excluding hydrogens is 464 g/mol. The number of piperazine rings is 1. The zero-order chi connectivity index (χ0) is 23.5. The summed E-state index contributed by atoms with van der Waals surface area (Å²) in [6.07, 6.45) is 5.89. The Balaban J connectivity index is 1.47. The molecule has 1 aromatic heterocycles. The Morgan fingerprint density at radius 1 is 1.24 bits per heavy atom. The van der Waals surface area contributed by atoms with Gasteiger partial charge >= 0.3 is 0 Å². The Morgan fingerprint density at radius 3 is 2.64 bits per heavy atom. The number of sulfonamides is 1. The Kier molecular flexibility index (Phi) is 7.15. The van der Waals surface area contributed by atoms with Crippen LogP contribution in [-0.2, 0) is 19.6 Å². The maximum absolute atomic E-state index is 13.6. The van der Waals surface area contributed by atoms with Gasteiger partial charge in [0.25, 0.3) is 5.91 Å². The molecule has 0 aliphatic carbocycles. The van der Waals surface area contributed by atoms with Crippen molar-refractivity contribution < 1.29 is 23.2 Å². The number of amides is 1. The number of hydrogen-bond donors (Lipinski definition) is 2. The number of aromatic nitrogens is 1. The number of nitrogens with zero attached hydrogens (tertiary/aromatic N) is 3.